The molecular weight excluding hydrogens is 180 g/mol. The van der Waals surface area contributed by atoms with Gasteiger partial charge in [-0.15, -0.1) is 0 Å². The van der Waals surface area contributed by atoms with E-state index >= 15 is 0 Å². The Morgan fingerprint density at radius 2 is 2.29 bits per heavy atom. The minimum Gasteiger partial charge on any atom is -0.481 e. The topological polar surface area (TPSA) is 66.6 Å². The Morgan fingerprint density at radius 3 is 2.79 bits per heavy atom. The zero-order chi connectivity index (χ0) is 10.7. The van der Waals surface area contributed by atoms with Gasteiger partial charge < -0.3 is 10.8 Å². The molecule has 0 spiro atoms. The third kappa shape index (κ3) is 2.69. The highest BCUT2D eigenvalue weighted by Crippen LogP contribution is 2.19. The quantitative estimate of drug-likeness (QED) is 0.697. The number of carbonyl (C=O) groups is 1. The first-order valence-corrected chi connectivity index (χ1v) is 5.27. The van der Waals surface area contributed by atoms with E-state index in [1.807, 2.05) is 0 Å². The average molecular weight is 200 g/mol. The molecule has 0 bridgehead atoms. The molecule has 0 saturated carbocycles. The molecule has 0 aromatic rings. The summed E-state index contributed by atoms with van der Waals surface area (Å²) >= 11 is 0. The van der Waals surface area contributed by atoms with E-state index in [-0.39, 0.29) is 12.0 Å². The molecule has 0 aromatic heterocycles. The van der Waals surface area contributed by atoms with Crippen LogP contribution in [0, 0.1) is 5.92 Å². The van der Waals surface area contributed by atoms with Crippen molar-refractivity contribution in [2.75, 3.05) is 13.1 Å². The molecule has 3 unspecified atom stereocenters. The number of hydrogen-bond acceptors (Lipinski definition) is 3. The van der Waals surface area contributed by atoms with Crippen LogP contribution in [0.4, 0.5) is 0 Å². The lowest BCUT2D eigenvalue weighted by molar-refractivity contribution is -0.144. The van der Waals surface area contributed by atoms with Crippen LogP contribution < -0.4 is 5.73 Å². The van der Waals surface area contributed by atoms with E-state index in [1.165, 1.54) is 0 Å². The Morgan fingerprint density at radius 1 is 1.64 bits per heavy atom. The van der Waals surface area contributed by atoms with Gasteiger partial charge in [0.2, 0.25) is 0 Å². The minimum absolute atomic E-state index is 0.0128. The molecule has 1 heterocycles. The number of piperidine rings is 1. The summed E-state index contributed by atoms with van der Waals surface area (Å²) in [5.41, 5.74) is 5.84. The van der Waals surface area contributed by atoms with Crippen LogP contribution in [0.5, 0.6) is 0 Å². The van der Waals surface area contributed by atoms with Gasteiger partial charge in [-0.3, -0.25) is 9.69 Å². The van der Waals surface area contributed by atoms with Gasteiger partial charge in [-0.05, 0) is 19.8 Å². The van der Waals surface area contributed by atoms with Crippen molar-refractivity contribution in [3.05, 3.63) is 0 Å². The number of carboxylic acids is 1. The van der Waals surface area contributed by atoms with Crippen LogP contribution in [0.15, 0.2) is 0 Å². The molecule has 14 heavy (non-hydrogen) atoms. The number of aliphatic carboxylic acids is 1. The summed E-state index contributed by atoms with van der Waals surface area (Å²) in [6, 6.07) is 0.446. The molecule has 0 amide bonds. The Balaban J connectivity index is 2.58. The molecule has 82 valence electrons. The number of nitrogens with two attached hydrogens (primary N) is 1. The van der Waals surface area contributed by atoms with E-state index in [2.05, 4.69) is 18.7 Å². The highest BCUT2D eigenvalue weighted by Gasteiger charge is 2.31. The molecule has 3 N–H and O–H groups in total. The predicted molar refractivity (Wildman–Crippen MR) is 55.0 cm³/mol. The Bertz CT molecular complexity index is 208. The fourth-order valence-corrected chi connectivity index (χ4v) is 1.97. The largest absolute Gasteiger partial charge is 0.481 e. The first kappa shape index (κ1) is 11.5. The van der Waals surface area contributed by atoms with E-state index in [1.54, 1.807) is 0 Å². The van der Waals surface area contributed by atoms with E-state index in [9.17, 15) is 4.79 Å². The van der Waals surface area contributed by atoms with Crippen molar-refractivity contribution in [2.45, 2.75) is 38.8 Å². The van der Waals surface area contributed by atoms with Crippen LogP contribution in [0.2, 0.25) is 0 Å². The molecule has 1 aliphatic rings. The van der Waals surface area contributed by atoms with Gasteiger partial charge >= 0.3 is 5.97 Å². The third-order valence-corrected chi connectivity index (χ3v) is 3.07. The highest BCUT2D eigenvalue weighted by atomic mass is 16.4. The second-order valence-corrected chi connectivity index (χ2v) is 4.24. The Hall–Kier alpha value is -0.610. The maximum absolute atomic E-state index is 10.9. The summed E-state index contributed by atoms with van der Waals surface area (Å²) in [6.07, 6.45) is 1.65. The van der Waals surface area contributed by atoms with Gasteiger partial charge in [0.1, 0.15) is 0 Å². The molecule has 3 atom stereocenters. The van der Waals surface area contributed by atoms with Gasteiger partial charge in [-0.25, -0.2) is 0 Å². The van der Waals surface area contributed by atoms with Gasteiger partial charge in [-0.2, -0.15) is 0 Å². The van der Waals surface area contributed by atoms with E-state index < -0.39 is 5.97 Å². The zero-order valence-electron chi connectivity index (χ0n) is 8.94. The molecule has 4 heteroatoms. The lowest BCUT2D eigenvalue weighted by Crippen LogP contribution is -2.51. The van der Waals surface area contributed by atoms with Crippen molar-refractivity contribution >= 4 is 5.97 Å². The van der Waals surface area contributed by atoms with Crippen molar-refractivity contribution in [1.29, 1.82) is 0 Å². The normalized spacial score (nSPS) is 31.4. The van der Waals surface area contributed by atoms with E-state index in [0.717, 1.165) is 13.0 Å². The number of hydrogen-bond donors (Lipinski definition) is 2. The van der Waals surface area contributed by atoms with Gasteiger partial charge in [0.15, 0.2) is 0 Å². The van der Waals surface area contributed by atoms with Crippen molar-refractivity contribution in [1.82, 2.24) is 4.90 Å². The molecular formula is C10H20N2O2. The molecule has 0 radical (unpaired) electrons. The molecule has 1 saturated heterocycles. The summed E-state index contributed by atoms with van der Waals surface area (Å²) < 4.78 is 0. The molecule has 0 aromatic carbocycles. The summed E-state index contributed by atoms with van der Waals surface area (Å²) in [5, 5.41) is 8.95. The monoisotopic (exact) mass is 200 g/mol. The van der Waals surface area contributed by atoms with Crippen molar-refractivity contribution in [2.24, 2.45) is 11.7 Å². The third-order valence-electron chi connectivity index (χ3n) is 3.07. The van der Waals surface area contributed by atoms with Gasteiger partial charge in [0, 0.05) is 25.2 Å². The predicted octanol–water partition coefficient (Wildman–Crippen LogP) is 0.519. The van der Waals surface area contributed by atoms with Crippen LogP contribution in [-0.4, -0.2) is 41.1 Å². The SMILES string of the molecule is CCC(C)N1CC(N)CC(C(=O)O)C1. The maximum atomic E-state index is 10.9. The first-order valence-electron chi connectivity index (χ1n) is 5.27. The lowest BCUT2D eigenvalue weighted by Gasteiger charge is -2.38. The zero-order valence-corrected chi connectivity index (χ0v) is 8.94. The van der Waals surface area contributed by atoms with Gasteiger partial charge in [0.05, 0.1) is 5.92 Å². The highest BCUT2D eigenvalue weighted by molar-refractivity contribution is 5.70. The lowest BCUT2D eigenvalue weighted by atomic mass is 9.93. The smallest absolute Gasteiger partial charge is 0.307 e. The number of carboxylic acid groups (broad SMARTS) is 1. The Labute approximate surface area is 85.1 Å². The van der Waals surface area contributed by atoms with E-state index in [4.69, 9.17) is 10.8 Å². The average Bonchev–Trinajstić information content (AvgIpc) is 2.15. The van der Waals surface area contributed by atoms with Crippen LogP contribution in [0.3, 0.4) is 0 Å². The molecule has 0 aliphatic carbocycles. The summed E-state index contributed by atoms with van der Waals surface area (Å²) in [6.45, 7) is 5.72. The number of likely N-dealkylation sites (tertiary alicyclic amines) is 1. The molecule has 1 aliphatic heterocycles. The van der Waals surface area contributed by atoms with Crippen molar-refractivity contribution in [3.8, 4) is 0 Å². The van der Waals surface area contributed by atoms with Crippen molar-refractivity contribution < 1.29 is 9.90 Å². The number of nitrogens with zero attached hydrogens (tertiary/aromatic N) is 1. The summed E-state index contributed by atoms with van der Waals surface area (Å²) in [4.78, 5) is 13.1. The molecule has 4 nitrogen and oxygen atoms in total. The maximum Gasteiger partial charge on any atom is 0.307 e. The van der Waals surface area contributed by atoms with E-state index in [0.29, 0.717) is 19.0 Å². The second kappa shape index (κ2) is 4.75. The van der Waals surface area contributed by atoms with Crippen LogP contribution in [-0.2, 0) is 4.79 Å². The van der Waals surface area contributed by atoms with Gasteiger partial charge in [-0.1, -0.05) is 6.92 Å². The summed E-state index contributed by atoms with van der Waals surface area (Å²) in [7, 11) is 0. The molecule has 1 fully saturated rings. The minimum atomic E-state index is -0.714. The van der Waals surface area contributed by atoms with Crippen LogP contribution >= 0.6 is 0 Å². The standard InChI is InChI=1S/C10H20N2O2/c1-3-7(2)12-5-8(10(13)14)4-9(11)6-12/h7-9H,3-6,11H2,1-2H3,(H,13,14). The Kier molecular flexibility index (Phi) is 3.89. The number of rotatable bonds is 3. The van der Waals surface area contributed by atoms with Crippen LogP contribution in [0.25, 0.3) is 0 Å². The second-order valence-electron chi connectivity index (χ2n) is 4.24. The summed E-state index contributed by atoms with van der Waals surface area (Å²) in [5.74, 6) is -0.999. The first-order chi connectivity index (χ1) is 6.54. The fraction of sp³-hybridized carbons (Fsp3) is 0.900. The van der Waals surface area contributed by atoms with Gasteiger partial charge in [0.25, 0.3) is 0 Å². The van der Waals surface area contributed by atoms with Crippen molar-refractivity contribution in [3.63, 3.8) is 0 Å². The van der Waals surface area contributed by atoms with Crippen LogP contribution in [0.1, 0.15) is 26.7 Å². The molecule has 1 rings (SSSR count). The fourth-order valence-electron chi connectivity index (χ4n) is 1.97.